The minimum absolute atomic E-state index is 0.132. The quantitative estimate of drug-likeness (QED) is 0.563. The van der Waals surface area contributed by atoms with Crippen LogP contribution >= 0.6 is 11.6 Å². The lowest BCUT2D eigenvalue weighted by molar-refractivity contribution is -0.141. The van der Waals surface area contributed by atoms with Crippen molar-refractivity contribution in [1.29, 1.82) is 0 Å². The van der Waals surface area contributed by atoms with E-state index in [2.05, 4.69) is 37.4 Å². The second kappa shape index (κ2) is 8.03. The highest BCUT2D eigenvalue weighted by molar-refractivity contribution is 6.33. The van der Waals surface area contributed by atoms with E-state index in [9.17, 15) is 4.79 Å². The molecule has 2 aliphatic heterocycles. The van der Waals surface area contributed by atoms with Gasteiger partial charge in [0.2, 0.25) is 5.91 Å². The van der Waals surface area contributed by atoms with Gasteiger partial charge in [-0.3, -0.25) is 19.7 Å². The van der Waals surface area contributed by atoms with Gasteiger partial charge in [-0.05, 0) is 39.0 Å². The number of aromatic nitrogens is 2. The summed E-state index contributed by atoms with van der Waals surface area (Å²) in [6.07, 6.45) is 3.51. The zero-order valence-electron chi connectivity index (χ0n) is 18.4. The number of carbonyl (C=O) groups excluding carboxylic acids is 1. The van der Waals surface area contributed by atoms with Crippen LogP contribution in [0.15, 0.2) is 35.6 Å². The highest BCUT2D eigenvalue weighted by atomic mass is 35.5. The van der Waals surface area contributed by atoms with Crippen molar-refractivity contribution in [2.24, 2.45) is 4.99 Å². The van der Waals surface area contributed by atoms with Gasteiger partial charge in [0.1, 0.15) is 11.9 Å². The molecule has 1 fully saturated rings. The summed E-state index contributed by atoms with van der Waals surface area (Å²) in [6.45, 7) is 8.46. The zero-order chi connectivity index (χ0) is 22.5. The maximum Gasteiger partial charge on any atom is 0.244 e. The first-order valence-corrected chi connectivity index (χ1v) is 11.2. The summed E-state index contributed by atoms with van der Waals surface area (Å²) in [5, 5.41) is 9.00. The molecule has 3 N–H and O–H groups in total. The number of hydrogen-bond acceptors (Lipinski definition) is 6. The summed E-state index contributed by atoms with van der Waals surface area (Å²) in [5.41, 5.74) is 2.02. The Labute approximate surface area is 191 Å². The predicted octanol–water partition coefficient (Wildman–Crippen LogP) is 3.18. The third kappa shape index (κ3) is 4.05. The number of aliphatic imine (C=N–C) groups is 1. The number of rotatable bonds is 4. The molecule has 1 amide bonds. The van der Waals surface area contributed by atoms with Crippen LogP contribution in [0.3, 0.4) is 0 Å². The third-order valence-corrected chi connectivity index (χ3v) is 6.23. The predicted molar refractivity (Wildman–Crippen MR) is 128 cm³/mol. The third-order valence-electron chi connectivity index (χ3n) is 6.01. The molecule has 0 bridgehead atoms. The fraction of sp³-hybridized carbons (Fsp3) is 0.435. The molecule has 168 valence electrons. The number of fused-ring (bicyclic) bond motifs is 3. The lowest BCUT2D eigenvalue weighted by atomic mass is 10.0. The van der Waals surface area contributed by atoms with E-state index < -0.39 is 6.04 Å². The minimum atomic E-state index is -0.441. The summed E-state index contributed by atoms with van der Waals surface area (Å²) in [5.74, 6) is 0.786. The number of morpholine rings is 1. The number of anilines is 1. The van der Waals surface area contributed by atoms with Gasteiger partial charge >= 0.3 is 0 Å². The van der Waals surface area contributed by atoms with Crippen LogP contribution in [-0.4, -0.2) is 70.5 Å². The zero-order valence-corrected chi connectivity index (χ0v) is 19.2. The number of pyridine rings is 1. The second-order valence-electron chi connectivity index (χ2n) is 9.24. The molecule has 0 saturated carbocycles. The van der Waals surface area contributed by atoms with Gasteiger partial charge in [0.25, 0.3) is 0 Å². The smallest absolute Gasteiger partial charge is 0.244 e. The van der Waals surface area contributed by atoms with Crippen molar-refractivity contribution in [1.82, 2.24) is 20.2 Å². The average Bonchev–Trinajstić information content (AvgIpc) is 3.30. The van der Waals surface area contributed by atoms with Gasteiger partial charge in [-0.1, -0.05) is 11.6 Å². The molecular weight excluding hydrogens is 428 g/mol. The molecule has 8 nitrogen and oxygen atoms in total. The lowest BCUT2D eigenvalue weighted by Gasteiger charge is -2.42. The van der Waals surface area contributed by atoms with Crippen LogP contribution < -0.4 is 10.6 Å². The molecule has 32 heavy (non-hydrogen) atoms. The molecular formula is C23H27ClN6O2. The van der Waals surface area contributed by atoms with Crippen molar-refractivity contribution in [2.45, 2.75) is 38.5 Å². The van der Waals surface area contributed by atoms with E-state index in [1.165, 1.54) is 0 Å². The highest BCUT2D eigenvalue weighted by Crippen LogP contribution is 2.33. The van der Waals surface area contributed by atoms with Gasteiger partial charge in [-0.15, -0.1) is 0 Å². The Balaban J connectivity index is 1.43. The molecule has 0 aliphatic carbocycles. The molecule has 9 heteroatoms. The van der Waals surface area contributed by atoms with Crippen LogP contribution in [-0.2, 0) is 9.53 Å². The van der Waals surface area contributed by atoms with E-state index in [1.807, 2.05) is 26.0 Å². The Morgan fingerprint density at radius 3 is 3.00 bits per heavy atom. The molecule has 1 unspecified atom stereocenters. The summed E-state index contributed by atoms with van der Waals surface area (Å²) in [7, 11) is 0. The number of nitrogens with one attached hydrogen (secondary N) is 3. The van der Waals surface area contributed by atoms with Gasteiger partial charge in [0, 0.05) is 34.6 Å². The van der Waals surface area contributed by atoms with E-state index in [4.69, 9.17) is 16.3 Å². The molecule has 5 rings (SSSR count). The monoisotopic (exact) mass is 454 g/mol. The molecule has 0 radical (unpaired) electrons. The fourth-order valence-corrected chi connectivity index (χ4v) is 4.72. The molecule has 2 aromatic heterocycles. The van der Waals surface area contributed by atoms with E-state index in [0.29, 0.717) is 36.4 Å². The maximum atomic E-state index is 13.4. The van der Waals surface area contributed by atoms with Crippen molar-refractivity contribution < 1.29 is 9.53 Å². The first-order chi connectivity index (χ1) is 15.3. The van der Waals surface area contributed by atoms with Crippen molar-refractivity contribution in [3.05, 3.63) is 35.6 Å². The summed E-state index contributed by atoms with van der Waals surface area (Å²) < 4.78 is 6.01. The number of hydrogen-bond donors (Lipinski definition) is 3. The molecule has 1 aromatic carbocycles. The molecule has 1 saturated heterocycles. The maximum absolute atomic E-state index is 13.4. The molecule has 4 heterocycles. The molecule has 2 atom stereocenters. The van der Waals surface area contributed by atoms with Crippen LogP contribution in [0.1, 0.15) is 20.8 Å². The minimum Gasteiger partial charge on any atom is -0.372 e. The number of benzene rings is 1. The Hall–Kier alpha value is -2.68. The number of H-pyrrole nitrogens is 1. The van der Waals surface area contributed by atoms with Gasteiger partial charge in [0.05, 0.1) is 48.2 Å². The normalized spacial score (nSPS) is 23.3. The largest absolute Gasteiger partial charge is 0.372 e. The van der Waals surface area contributed by atoms with Gasteiger partial charge in [-0.25, -0.2) is 0 Å². The van der Waals surface area contributed by atoms with Crippen LogP contribution in [0.5, 0.6) is 0 Å². The number of ether oxygens (including phenoxy) is 1. The Morgan fingerprint density at radius 2 is 2.22 bits per heavy atom. The Kier molecular flexibility index (Phi) is 5.31. The fourth-order valence-electron chi connectivity index (χ4n) is 4.51. The van der Waals surface area contributed by atoms with Crippen molar-refractivity contribution in [3.8, 4) is 0 Å². The van der Waals surface area contributed by atoms with Crippen LogP contribution in [0, 0.1) is 0 Å². The number of halogens is 1. The number of carbonyl (C=O) groups is 1. The van der Waals surface area contributed by atoms with Crippen molar-refractivity contribution in [2.75, 3.05) is 31.6 Å². The topological polar surface area (TPSA) is 94.6 Å². The molecule has 2 aliphatic rings. The number of amides is 1. The van der Waals surface area contributed by atoms with Gasteiger partial charge < -0.3 is 20.4 Å². The van der Waals surface area contributed by atoms with E-state index in [-0.39, 0.29) is 11.5 Å². The molecule has 0 spiro atoms. The van der Waals surface area contributed by atoms with E-state index in [1.54, 1.807) is 18.5 Å². The number of amidine groups is 1. The van der Waals surface area contributed by atoms with Crippen molar-refractivity contribution in [3.63, 3.8) is 0 Å². The first kappa shape index (κ1) is 21.2. The molecule has 3 aromatic rings. The SMILES string of the molecule is CC1CN=C(CN2CC(C)(C)OC[C@H]2C(=O)Nc2cc(Cl)cc3c2[nH]c2cnccc23)N1. The number of aromatic amines is 1. The van der Waals surface area contributed by atoms with Gasteiger partial charge in [0.15, 0.2) is 0 Å². The van der Waals surface area contributed by atoms with Crippen LogP contribution in [0.25, 0.3) is 21.8 Å². The lowest BCUT2D eigenvalue weighted by Crippen LogP contribution is -2.59. The second-order valence-corrected chi connectivity index (χ2v) is 9.67. The van der Waals surface area contributed by atoms with Crippen LogP contribution in [0.4, 0.5) is 5.69 Å². The van der Waals surface area contributed by atoms with Crippen molar-refractivity contribution >= 4 is 50.8 Å². The Morgan fingerprint density at radius 1 is 1.38 bits per heavy atom. The van der Waals surface area contributed by atoms with E-state index >= 15 is 0 Å². The van der Waals surface area contributed by atoms with E-state index in [0.717, 1.165) is 34.2 Å². The number of nitrogens with zero attached hydrogens (tertiary/aromatic N) is 3. The first-order valence-electron chi connectivity index (χ1n) is 10.8. The Bertz CT molecular complexity index is 1220. The standard InChI is InChI=1S/C23H27ClN6O2/c1-13-8-26-20(27-13)10-30-12-23(2,3)32-11-19(30)22(31)29-17-7-14(24)6-16-15-4-5-25-9-18(15)28-21(16)17/h4-7,9,13,19,28H,8,10-12H2,1-3H3,(H,26,27)(H,29,31)/t13?,19-/m0/s1. The summed E-state index contributed by atoms with van der Waals surface area (Å²) in [6, 6.07) is 5.48. The van der Waals surface area contributed by atoms with Gasteiger partial charge in [-0.2, -0.15) is 0 Å². The highest BCUT2D eigenvalue weighted by Gasteiger charge is 2.38. The summed E-state index contributed by atoms with van der Waals surface area (Å²) >= 11 is 6.40. The summed E-state index contributed by atoms with van der Waals surface area (Å²) in [4.78, 5) is 27.7. The average molecular weight is 455 g/mol. The van der Waals surface area contributed by atoms with Crippen LogP contribution in [0.2, 0.25) is 5.02 Å².